The second-order valence-electron chi connectivity index (χ2n) is 6.95. The van der Waals surface area contributed by atoms with Crippen molar-refractivity contribution in [1.29, 1.82) is 0 Å². The Labute approximate surface area is 174 Å². The normalized spacial score (nSPS) is 18.1. The number of urea groups is 1. The van der Waals surface area contributed by atoms with Crippen LogP contribution in [-0.4, -0.2) is 48.4 Å². The van der Waals surface area contributed by atoms with Gasteiger partial charge < -0.3 is 15.0 Å². The number of carbonyl (C=O) groups is 4. The van der Waals surface area contributed by atoms with Gasteiger partial charge in [-0.25, -0.2) is 4.79 Å². The highest BCUT2D eigenvalue weighted by atomic mass is 16.5. The summed E-state index contributed by atoms with van der Waals surface area (Å²) in [6.07, 6.45) is 0. The Bertz CT molecular complexity index is 948. The van der Waals surface area contributed by atoms with E-state index >= 15 is 0 Å². The maximum absolute atomic E-state index is 12.8. The molecular weight excluding hydrogens is 386 g/mol. The van der Waals surface area contributed by atoms with Gasteiger partial charge in [0.2, 0.25) is 0 Å². The molecule has 1 aliphatic heterocycles. The molecule has 0 aliphatic carbocycles. The molecule has 2 aromatic rings. The van der Waals surface area contributed by atoms with Crippen LogP contribution < -0.4 is 10.2 Å². The Hall–Kier alpha value is -3.68. The third-order valence-corrected chi connectivity index (χ3v) is 4.96. The fourth-order valence-corrected chi connectivity index (χ4v) is 3.31. The maximum atomic E-state index is 12.8. The lowest BCUT2D eigenvalue weighted by atomic mass is 9.92. The van der Waals surface area contributed by atoms with Crippen LogP contribution >= 0.6 is 0 Å². The number of rotatable bonds is 7. The first-order chi connectivity index (χ1) is 14.4. The predicted molar refractivity (Wildman–Crippen MR) is 109 cm³/mol. The lowest BCUT2D eigenvalue weighted by molar-refractivity contribution is -0.150. The van der Waals surface area contributed by atoms with E-state index in [0.29, 0.717) is 17.8 Å². The number of anilines is 1. The van der Waals surface area contributed by atoms with Crippen LogP contribution in [0.5, 0.6) is 0 Å². The minimum Gasteiger partial charge on any atom is -0.454 e. The van der Waals surface area contributed by atoms with E-state index in [9.17, 15) is 19.2 Å². The van der Waals surface area contributed by atoms with Crippen molar-refractivity contribution in [2.75, 3.05) is 24.6 Å². The first kappa shape index (κ1) is 21.0. The molecule has 1 saturated heterocycles. The summed E-state index contributed by atoms with van der Waals surface area (Å²) in [6, 6.07) is 17.1. The zero-order valence-corrected chi connectivity index (χ0v) is 16.8. The van der Waals surface area contributed by atoms with E-state index in [2.05, 4.69) is 5.32 Å². The number of benzene rings is 2. The van der Waals surface area contributed by atoms with Gasteiger partial charge in [0.05, 0.1) is 0 Å². The van der Waals surface area contributed by atoms with E-state index in [1.807, 2.05) is 13.0 Å². The smallest absolute Gasteiger partial charge is 0.326 e. The van der Waals surface area contributed by atoms with Crippen LogP contribution in [0.1, 0.15) is 19.4 Å². The Morgan fingerprint density at radius 2 is 1.63 bits per heavy atom. The van der Waals surface area contributed by atoms with Crippen LogP contribution in [0.25, 0.3) is 0 Å². The zero-order chi connectivity index (χ0) is 21.7. The van der Waals surface area contributed by atoms with Crippen LogP contribution in [0, 0.1) is 0 Å². The molecule has 0 radical (unpaired) electrons. The number of carbonyl (C=O) groups excluding carboxylic acids is 4. The highest BCUT2D eigenvalue weighted by Crippen LogP contribution is 2.28. The molecule has 4 amide bonds. The van der Waals surface area contributed by atoms with E-state index in [1.54, 1.807) is 61.5 Å². The van der Waals surface area contributed by atoms with Crippen molar-refractivity contribution in [2.24, 2.45) is 0 Å². The lowest BCUT2D eigenvalue weighted by Gasteiger charge is -2.22. The van der Waals surface area contributed by atoms with Gasteiger partial charge in [-0.05, 0) is 31.5 Å². The molecule has 30 heavy (non-hydrogen) atoms. The summed E-state index contributed by atoms with van der Waals surface area (Å²) in [5.41, 5.74) is 0.0328. The van der Waals surface area contributed by atoms with Crippen molar-refractivity contribution in [3.63, 3.8) is 0 Å². The molecule has 1 heterocycles. The molecule has 1 fully saturated rings. The third-order valence-electron chi connectivity index (χ3n) is 4.96. The number of amides is 4. The summed E-state index contributed by atoms with van der Waals surface area (Å²) in [4.78, 5) is 52.0. The van der Waals surface area contributed by atoms with Crippen LogP contribution in [-0.2, 0) is 24.7 Å². The quantitative estimate of drug-likeness (QED) is 0.558. The standard InChI is InChI=1S/C22H23N3O5/c1-3-24(17-12-8-5-9-13-17)18(26)15-30-19(27)14-25-20(28)22(2,23-21(25)29)16-10-6-4-7-11-16/h4-13H,3,14-15H2,1-2H3,(H,23,29)/t22-/m1/s1. The van der Waals surface area contributed by atoms with Gasteiger partial charge in [0, 0.05) is 12.2 Å². The van der Waals surface area contributed by atoms with Gasteiger partial charge >= 0.3 is 12.0 Å². The summed E-state index contributed by atoms with van der Waals surface area (Å²) in [5, 5.41) is 2.62. The number of likely N-dealkylation sites (N-methyl/N-ethyl adjacent to an activating group) is 1. The fraction of sp³-hybridized carbons (Fsp3) is 0.273. The van der Waals surface area contributed by atoms with E-state index in [4.69, 9.17) is 4.74 Å². The Morgan fingerprint density at radius 3 is 2.23 bits per heavy atom. The molecule has 1 atom stereocenters. The molecule has 3 rings (SSSR count). The minimum absolute atomic E-state index is 0.400. The Morgan fingerprint density at radius 1 is 1.03 bits per heavy atom. The zero-order valence-electron chi connectivity index (χ0n) is 16.8. The third kappa shape index (κ3) is 4.17. The van der Waals surface area contributed by atoms with Gasteiger partial charge in [0.1, 0.15) is 12.1 Å². The molecular formula is C22H23N3O5. The Kier molecular flexibility index (Phi) is 6.15. The SMILES string of the molecule is CCN(C(=O)COC(=O)CN1C(=O)N[C@](C)(c2ccccc2)C1=O)c1ccccc1. The summed E-state index contributed by atoms with van der Waals surface area (Å²) < 4.78 is 5.04. The number of ether oxygens (including phenoxy) is 1. The van der Waals surface area contributed by atoms with Crippen LogP contribution in [0.15, 0.2) is 60.7 Å². The van der Waals surface area contributed by atoms with Crippen molar-refractivity contribution in [1.82, 2.24) is 10.2 Å². The molecule has 156 valence electrons. The van der Waals surface area contributed by atoms with Crippen molar-refractivity contribution in [3.8, 4) is 0 Å². The van der Waals surface area contributed by atoms with Crippen molar-refractivity contribution < 1.29 is 23.9 Å². The minimum atomic E-state index is -1.26. The molecule has 2 aromatic carbocycles. The molecule has 0 saturated carbocycles. The number of nitrogens with one attached hydrogen (secondary N) is 1. The fourth-order valence-electron chi connectivity index (χ4n) is 3.31. The Balaban J connectivity index is 1.60. The number of para-hydroxylation sites is 1. The molecule has 8 nitrogen and oxygen atoms in total. The number of esters is 1. The average molecular weight is 409 g/mol. The number of imide groups is 1. The molecule has 1 aliphatic rings. The van der Waals surface area contributed by atoms with Crippen LogP contribution in [0.2, 0.25) is 0 Å². The molecule has 0 unspecified atom stereocenters. The van der Waals surface area contributed by atoms with Crippen LogP contribution in [0.4, 0.5) is 10.5 Å². The molecule has 8 heteroatoms. The largest absolute Gasteiger partial charge is 0.454 e. The second kappa shape index (κ2) is 8.77. The number of hydrogen-bond acceptors (Lipinski definition) is 5. The van der Waals surface area contributed by atoms with Crippen molar-refractivity contribution >= 4 is 29.5 Å². The topological polar surface area (TPSA) is 96.0 Å². The van der Waals surface area contributed by atoms with Crippen molar-refractivity contribution in [3.05, 3.63) is 66.2 Å². The van der Waals surface area contributed by atoms with Gasteiger partial charge in [0.15, 0.2) is 6.61 Å². The van der Waals surface area contributed by atoms with E-state index in [-0.39, 0.29) is 0 Å². The highest BCUT2D eigenvalue weighted by molar-refractivity contribution is 6.09. The lowest BCUT2D eigenvalue weighted by Crippen LogP contribution is -2.42. The molecule has 0 spiro atoms. The van der Waals surface area contributed by atoms with Gasteiger partial charge in [-0.15, -0.1) is 0 Å². The number of nitrogens with zero attached hydrogens (tertiary/aromatic N) is 2. The maximum Gasteiger partial charge on any atom is 0.326 e. The summed E-state index contributed by atoms with van der Waals surface area (Å²) >= 11 is 0. The summed E-state index contributed by atoms with van der Waals surface area (Å²) in [7, 11) is 0. The predicted octanol–water partition coefficient (Wildman–Crippen LogP) is 2.05. The number of hydrogen-bond donors (Lipinski definition) is 1. The van der Waals surface area contributed by atoms with E-state index < -0.39 is 42.5 Å². The first-order valence-electron chi connectivity index (χ1n) is 9.57. The first-order valence-corrected chi connectivity index (χ1v) is 9.57. The second-order valence-corrected chi connectivity index (χ2v) is 6.95. The molecule has 0 aromatic heterocycles. The molecule has 0 bridgehead atoms. The van der Waals surface area contributed by atoms with Gasteiger partial charge in [-0.2, -0.15) is 0 Å². The molecule has 1 N–H and O–H groups in total. The summed E-state index contributed by atoms with van der Waals surface area (Å²) in [5.74, 6) is -1.79. The van der Waals surface area contributed by atoms with Gasteiger partial charge in [-0.1, -0.05) is 48.5 Å². The van der Waals surface area contributed by atoms with Crippen LogP contribution in [0.3, 0.4) is 0 Å². The summed E-state index contributed by atoms with van der Waals surface area (Å²) in [6.45, 7) is 2.74. The van der Waals surface area contributed by atoms with E-state index in [0.717, 1.165) is 4.90 Å². The highest BCUT2D eigenvalue weighted by Gasteiger charge is 2.49. The van der Waals surface area contributed by atoms with Gasteiger partial charge in [0.25, 0.3) is 11.8 Å². The monoisotopic (exact) mass is 409 g/mol. The van der Waals surface area contributed by atoms with Gasteiger partial charge in [-0.3, -0.25) is 19.3 Å². The van der Waals surface area contributed by atoms with E-state index in [1.165, 1.54) is 4.90 Å². The average Bonchev–Trinajstić information content (AvgIpc) is 2.98. The van der Waals surface area contributed by atoms with Crippen molar-refractivity contribution in [2.45, 2.75) is 19.4 Å².